The van der Waals surface area contributed by atoms with E-state index in [0.29, 0.717) is 18.6 Å². The maximum absolute atomic E-state index is 12.0. The van der Waals surface area contributed by atoms with Crippen LogP contribution in [0.15, 0.2) is 0 Å². The zero-order chi connectivity index (χ0) is 13.5. The SMILES string of the molecule is CCSC1CCCC(NC(=O)CCC2CCCO2)C1. The normalized spacial score (nSPS) is 31.3. The summed E-state index contributed by atoms with van der Waals surface area (Å²) >= 11 is 2.05. The van der Waals surface area contributed by atoms with E-state index in [9.17, 15) is 4.79 Å². The summed E-state index contributed by atoms with van der Waals surface area (Å²) in [5, 5.41) is 3.98. The quantitative estimate of drug-likeness (QED) is 0.815. The van der Waals surface area contributed by atoms with Crippen LogP contribution >= 0.6 is 11.8 Å². The van der Waals surface area contributed by atoms with E-state index in [1.165, 1.54) is 18.6 Å². The molecule has 19 heavy (non-hydrogen) atoms. The second kappa shape index (κ2) is 8.15. The molecule has 1 saturated carbocycles. The van der Waals surface area contributed by atoms with E-state index in [2.05, 4.69) is 12.2 Å². The Morgan fingerprint density at radius 2 is 2.21 bits per heavy atom. The van der Waals surface area contributed by atoms with Gasteiger partial charge in [0, 0.05) is 24.3 Å². The van der Waals surface area contributed by atoms with Crippen molar-refractivity contribution < 1.29 is 9.53 Å². The molecule has 0 aromatic carbocycles. The molecule has 1 aliphatic heterocycles. The molecule has 1 N–H and O–H groups in total. The zero-order valence-electron chi connectivity index (χ0n) is 12.0. The summed E-state index contributed by atoms with van der Waals surface area (Å²) in [4.78, 5) is 12.0. The Kier molecular flexibility index (Phi) is 6.51. The fraction of sp³-hybridized carbons (Fsp3) is 0.933. The van der Waals surface area contributed by atoms with Gasteiger partial charge in [-0.05, 0) is 44.3 Å². The van der Waals surface area contributed by atoms with Crippen LogP contribution in [-0.4, -0.2) is 35.7 Å². The van der Waals surface area contributed by atoms with Crippen molar-refractivity contribution >= 4 is 17.7 Å². The van der Waals surface area contributed by atoms with Crippen molar-refractivity contribution in [3.05, 3.63) is 0 Å². The summed E-state index contributed by atoms with van der Waals surface area (Å²) in [6.07, 6.45) is 9.04. The minimum absolute atomic E-state index is 0.225. The highest BCUT2D eigenvalue weighted by Gasteiger charge is 2.23. The molecule has 1 amide bonds. The molecule has 3 unspecified atom stereocenters. The summed E-state index contributed by atoms with van der Waals surface area (Å²) < 4.78 is 5.56. The van der Waals surface area contributed by atoms with E-state index >= 15 is 0 Å². The van der Waals surface area contributed by atoms with Crippen molar-refractivity contribution in [3.8, 4) is 0 Å². The molecule has 3 atom stereocenters. The molecule has 2 aliphatic rings. The van der Waals surface area contributed by atoms with Gasteiger partial charge in [0.25, 0.3) is 0 Å². The van der Waals surface area contributed by atoms with E-state index in [4.69, 9.17) is 4.74 Å². The largest absolute Gasteiger partial charge is 0.378 e. The molecule has 0 aromatic rings. The molecule has 1 saturated heterocycles. The number of nitrogens with one attached hydrogen (secondary N) is 1. The lowest BCUT2D eigenvalue weighted by molar-refractivity contribution is -0.122. The first kappa shape index (κ1) is 15.2. The lowest BCUT2D eigenvalue weighted by Crippen LogP contribution is -2.39. The third-order valence-electron chi connectivity index (χ3n) is 4.11. The Balaban J connectivity index is 1.63. The monoisotopic (exact) mass is 285 g/mol. The second-order valence-corrected chi connectivity index (χ2v) is 7.26. The number of hydrogen-bond donors (Lipinski definition) is 1. The van der Waals surface area contributed by atoms with Gasteiger partial charge >= 0.3 is 0 Å². The maximum Gasteiger partial charge on any atom is 0.220 e. The Hall–Kier alpha value is -0.220. The van der Waals surface area contributed by atoms with Crippen LogP contribution in [0.5, 0.6) is 0 Å². The Bertz CT molecular complexity index is 277. The Morgan fingerprint density at radius 1 is 1.32 bits per heavy atom. The highest BCUT2D eigenvalue weighted by atomic mass is 32.2. The van der Waals surface area contributed by atoms with Gasteiger partial charge in [-0.15, -0.1) is 0 Å². The topological polar surface area (TPSA) is 38.3 Å². The molecule has 4 heteroatoms. The minimum atomic E-state index is 0.225. The van der Waals surface area contributed by atoms with Crippen LogP contribution < -0.4 is 5.32 Å². The van der Waals surface area contributed by atoms with E-state index in [0.717, 1.165) is 44.0 Å². The first-order chi connectivity index (χ1) is 9.28. The van der Waals surface area contributed by atoms with Gasteiger partial charge in [0.15, 0.2) is 0 Å². The summed E-state index contributed by atoms with van der Waals surface area (Å²) in [5.74, 6) is 1.41. The van der Waals surface area contributed by atoms with Crippen LogP contribution in [0.1, 0.15) is 58.3 Å². The van der Waals surface area contributed by atoms with Crippen LogP contribution in [0.3, 0.4) is 0 Å². The minimum Gasteiger partial charge on any atom is -0.378 e. The van der Waals surface area contributed by atoms with Gasteiger partial charge in [0.1, 0.15) is 0 Å². The highest BCUT2D eigenvalue weighted by molar-refractivity contribution is 7.99. The average molecular weight is 285 g/mol. The number of ether oxygens (including phenoxy) is 1. The van der Waals surface area contributed by atoms with Gasteiger partial charge in [-0.1, -0.05) is 13.3 Å². The van der Waals surface area contributed by atoms with Crippen LogP contribution in [0.2, 0.25) is 0 Å². The molecule has 1 heterocycles. The van der Waals surface area contributed by atoms with Crippen LogP contribution in [0, 0.1) is 0 Å². The van der Waals surface area contributed by atoms with Crippen molar-refractivity contribution in [3.63, 3.8) is 0 Å². The number of thioether (sulfide) groups is 1. The summed E-state index contributed by atoms with van der Waals surface area (Å²) in [5.41, 5.74) is 0. The molecule has 0 radical (unpaired) electrons. The molecular formula is C15H27NO2S. The molecule has 0 bridgehead atoms. The van der Waals surface area contributed by atoms with Crippen LogP contribution in [0.4, 0.5) is 0 Å². The van der Waals surface area contributed by atoms with E-state index in [-0.39, 0.29) is 5.91 Å². The van der Waals surface area contributed by atoms with Crippen molar-refractivity contribution in [1.82, 2.24) is 5.32 Å². The third-order valence-corrected chi connectivity index (χ3v) is 5.34. The molecule has 2 fully saturated rings. The van der Waals surface area contributed by atoms with Gasteiger partial charge in [-0.2, -0.15) is 11.8 Å². The lowest BCUT2D eigenvalue weighted by Gasteiger charge is -2.29. The second-order valence-electron chi connectivity index (χ2n) is 5.68. The summed E-state index contributed by atoms with van der Waals surface area (Å²) in [7, 11) is 0. The van der Waals surface area contributed by atoms with E-state index < -0.39 is 0 Å². The Labute approximate surface area is 121 Å². The van der Waals surface area contributed by atoms with Crippen molar-refractivity contribution in [2.24, 2.45) is 0 Å². The van der Waals surface area contributed by atoms with Gasteiger partial charge < -0.3 is 10.1 Å². The number of hydrogen-bond acceptors (Lipinski definition) is 3. The fourth-order valence-electron chi connectivity index (χ4n) is 3.13. The first-order valence-corrected chi connectivity index (χ1v) is 8.85. The Morgan fingerprint density at radius 3 is 2.95 bits per heavy atom. The van der Waals surface area contributed by atoms with Crippen LogP contribution in [0.25, 0.3) is 0 Å². The van der Waals surface area contributed by atoms with Crippen molar-refractivity contribution in [2.45, 2.75) is 75.7 Å². The molecule has 110 valence electrons. The molecule has 0 spiro atoms. The van der Waals surface area contributed by atoms with Gasteiger partial charge in [0.05, 0.1) is 6.10 Å². The highest BCUT2D eigenvalue weighted by Crippen LogP contribution is 2.28. The molecular weight excluding hydrogens is 258 g/mol. The zero-order valence-corrected chi connectivity index (χ0v) is 12.8. The predicted molar refractivity (Wildman–Crippen MR) is 80.5 cm³/mol. The van der Waals surface area contributed by atoms with Gasteiger partial charge in [0.2, 0.25) is 5.91 Å². The van der Waals surface area contributed by atoms with Crippen molar-refractivity contribution in [2.75, 3.05) is 12.4 Å². The van der Waals surface area contributed by atoms with Gasteiger partial charge in [-0.25, -0.2) is 0 Å². The summed E-state index contributed by atoms with van der Waals surface area (Å²) in [6.45, 7) is 3.10. The molecule has 0 aromatic heterocycles. The molecule has 3 nitrogen and oxygen atoms in total. The smallest absolute Gasteiger partial charge is 0.220 e. The number of carbonyl (C=O) groups excluding carboxylic acids is 1. The van der Waals surface area contributed by atoms with Crippen molar-refractivity contribution in [1.29, 1.82) is 0 Å². The predicted octanol–water partition coefficient (Wildman–Crippen LogP) is 3.13. The maximum atomic E-state index is 12.0. The van der Waals surface area contributed by atoms with Gasteiger partial charge in [-0.3, -0.25) is 4.79 Å². The first-order valence-electron chi connectivity index (χ1n) is 7.80. The number of amides is 1. The third kappa shape index (κ3) is 5.35. The van der Waals surface area contributed by atoms with Crippen LogP contribution in [-0.2, 0) is 9.53 Å². The molecule has 1 aliphatic carbocycles. The van der Waals surface area contributed by atoms with E-state index in [1.54, 1.807) is 0 Å². The standard InChI is InChI=1S/C15H27NO2S/c1-2-19-14-7-3-5-12(11-14)16-15(17)9-8-13-6-4-10-18-13/h12-14H,2-11H2,1H3,(H,16,17). The number of rotatable bonds is 6. The average Bonchev–Trinajstić information content (AvgIpc) is 2.90. The lowest BCUT2D eigenvalue weighted by atomic mass is 9.94. The summed E-state index contributed by atoms with van der Waals surface area (Å²) in [6, 6.07) is 0.412. The molecule has 2 rings (SSSR count). The van der Waals surface area contributed by atoms with E-state index in [1.807, 2.05) is 11.8 Å². The number of carbonyl (C=O) groups is 1. The fourth-order valence-corrected chi connectivity index (χ4v) is 4.30.